The average Bonchev–Trinajstić information content (AvgIpc) is 2.78. The number of carboxylic acids is 1. The second kappa shape index (κ2) is 5.62. The van der Waals surface area contributed by atoms with Gasteiger partial charge in [0.25, 0.3) is 0 Å². The van der Waals surface area contributed by atoms with Crippen molar-refractivity contribution in [2.45, 2.75) is 19.8 Å². The number of amides is 1. The molecule has 1 saturated heterocycles. The Morgan fingerprint density at radius 1 is 1.35 bits per heavy atom. The number of halogens is 2. The highest BCUT2D eigenvalue weighted by Crippen LogP contribution is 2.30. The van der Waals surface area contributed by atoms with Crippen LogP contribution in [0.3, 0.4) is 0 Å². The van der Waals surface area contributed by atoms with Crippen LogP contribution in [0.25, 0.3) is 0 Å². The minimum Gasteiger partial charge on any atom is -0.481 e. The van der Waals surface area contributed by atoms with Gasteiger partial charge in [0, 0.05) is 13.1 Å². The maximum absolute atomic E-state index is 12.2. The molecule has 0 radical (unpaired) electrons. The predicted octanol–water partition coefficient (Wildman–Crippen LogP) is 2.86. The van der Waals surface area contributed by atoms with Gasteiger partial charge in [0.05, 0.1) is 21.9 Å². The molecule has 1 atom stereocenters. The average molecular weight is 316 g/mol. The Bertz CT molecular complexity index is 561. The van der Waals surface area contributed by atoms with Gasteiger partial charge in [-0.25, -0.2) is 0 Å². The van der Waals surface area contributed by atoms with Crippen molar-refractivity contribution in [2.24, 2.45) is 5.41 Å². The van der Waals surface area contributed by atoms with E-state index in [1.165, 1.54) is 0 Å². The molecule has 1 N–H and O–H groups in total. The molecule has 1 aromatic carbocycles. The van der Waals surface area contributed by atoms with Gasteiger partial charge in [0.2, 0.25) is 5.91 Å². The smallest absolute Gasteiger partial charge is 0.311 e. The van der Waals surface area contributed by atoms with Gasteiger partial charge in [-0.1, -0.05) is 29.3 Å². The number of carboxylic acid groups (broad SMARTS) is 1. The van der Waals surface area contributed by atoms with Gasteiger partial charge in [0.1, 0.15) is 0 Å². The third kappa shape index (κ3) is 3.07. The van der Waals surface area contributed by atoms with E-state index in [0.717, 1.165) is 5.56 Å². The summed E-state index contributed by atoms with van der Waals surface area (Å²) in [4.78, 5) is 24.9. The van der Waals surface area contributed by atoms with Crippen LogP contribution in [0.4, 0.5) is 0 Å². The van der Waals surface area contributed by atoms with Crippen molar-refractivity contribution >= 4 is 35.1 Å². The Morgan fingerprint density at radius 3 is 2.60 bits per heavy atom. The number of aliphatic carboxylic acids is 1. The fourth-order valence-electron chi connectivity index (χ4n) is 2.28. The molecule has 2 rings (SSSR count). The molecular formula is C14H15Cl2NO3. The fraction of sp³-hybridized carbons (Fsp3) is 0.429. The summed E-state index contributed by atoms with van der Waals surface area (Å²) < 4.78 is 0. The Balaban J connectivity index is 2.03. The van der Waals surface area contributed by atoms with E-state index in [1.54, 1.807) is 30.0 Å². The van der Waals surface area contributed by atoms with Gasteiger partial charge in [-0.3, -0.25) is 9.59 Å². The molecular weight excluding hydrogens is 301 g/mol. The molecule has 1 heterocycles. The summed E-state index contributed by atoms with van der Waals surface area (Å²) in [7, 11) is 0. The van der Waals surface area contributed by atoms with Crippen molar-refractivity contribution in [3.8, 4) is 0 Å². The zero-order chi connectivity index (χ0) is 14.9. The summed E-state index contributed by atoms with van der Waals surface area (Å²) in [5, 5.41) is 10.0. The maximum Gasteiger partial charge on any atom is 0.311 e. The zero-order valence-corrected chi connectivity index (χ0v) is 12.5. The number of carbonyl (C=O) groups excluding carboxylic acids is 1. The van der Waals surface area contributed by atoms with E-state index >= 15 is 0 Å². The summed E-state index contributed by atoms with van der Waals surface area (Å²) in [6.45, 7) is 2.40. The third-order valence-electron chi connectivity index (χ3n) is 3.68. The van der Waals surface area contributed by atoms with E-state index in [1.807, 2.05) is 0 Å². The third-order valence-corrected chi connectivity index (χ3v) is 4.42. The molecule has 6 heteroatoms. The largest absolute Gasteiger partial charge is 0.481 e. The number of rotatable bonds is 3. The number of likely N-dealkylation sites (tertiary alicyclic amines) is 1. The highest BCUT2D eigenvalue weighted by Gasteiger charge is 2.41. The number of benzene rings is 1. The van der Waals surface area contributed by atoms with E-state index in [2.05, 4.69) is 0 Å². The lowest BCUT2D eigenvalue weighted by molar-refractivity contribution is -0.147. The summed E-state index contributed by atoms with van der Waals surface area (Å²) in [5.74, 6) is -0.948. The van der Waals surface area contributed by atoms with Gasteiger partial charge in [-0.2, -0.15) is 0 Å². The van der Waals surface area contributed by atoms with Crippen molar-refractivity contribution in [1.82, 2.24) is 4.90 Å². The highest BCUT2D eigenvalue weighted by atomic mass is 35.5. The van der Waals surface area contributed by atoms with E-state index in [9.17, 15) is 9.59 Å². The van der Waals surface area contributed by atoms with Gasteiger partial charge in [0.15, 0.2) is 0 Å². The summed E-state index contributed by atoms with van der Waals surface area (Å²) in [6.07, 6.45) is 0.683. The second-order valence-corrected chi connectivity index (χ2v) is 6.17. The zero-order valence-electron chi connectivity index (χ0n) is 11.0. The van der Waals surface area contributed by atoms with Crippen LogP contribution in [0.2, 0.25) is 10.0 Å². The van der Waals surface area contributed by atoms with Crippen LogP contribution in [0, 0.1) is 5.41 Å². The van der Waals surface area contributed by atoms with Crippen LogP contribution in [0.5, 0.6) is 0 Å². The molecule has 0 aromatic heterocycles. The monoisotopic (exact) mass is 315 g/mol. The number of hydrogen-bond donors (Lipinski definition) is 1. The van der Waals surface area contributed by atoms with Crippen LogP contribution < -0.4 is 0 Å². The summed E-state index contributed by atoms with van der Waals surface area (Å²) >= 11 is 11.7. The lowest BCUT2D eigenvalue weighted by atomic mass is 9.90. The van der Waals surface area contributed by atoms with Crippen LogP contribution in [-0.4, -0.2) is 35.0 Å². The normalized spacial score (nSPS) is 22.1. The Kier molecular flexibility index (Phi) is 4.25. The van der Waals surface area contributed by atoms with Crippen LogP contribution in [0.1, 0.15) is 18.9 Å². The summed E-state index contributed by atoms with van der Waals surface area (Å²) in [6, 6.07) is 5.06. The van der Waals surface area contributed by atoms with Crippen molar-refractivity contribution in [2.75, 3.05) is 13.1 Å². The van der Waals surface area contributed by atoms with Gasteiger partial charge in [-0.05, 0) is 31.0 Å². The first-order valence-electron chi connectivity index (χ1n) is 6.27. The quantitative estimate of drug-likeness (QED) is 0.933. The van der Waals surface area contributed by atoms with E-state index in [0.29, 0.717) is 23.0 Å². The molecule has 0 spiro atoms. The molecule has 0 aliphatic carbocycles. The molecule has 1 aliphatic heterocycles. The van der Waals surface area contributed by atoms with Crippen molar-refractivity contribution in [1.29, 1.82) is 0 Å². The van der Waals surface area contributed by atoms with Gasteiger partial charge >= 0.3 is 5.97 Å². The molecule has 1 amide bonds. The van der Waals surface area contributed by atoms with Crippen molar-refractivity contribution < 1.29 is 14.7 Å². The second-order valence-electron chi connectivity index (χ2n) is 5.36. The molecule has 0 bridgehead atoms. The molecule has 1 fully saturated rings. The molecule has 108 valence electrons. The van der Waals surface area contributed by atoms with Crippen LogP contribution in [0.15, 0.2) is 18.2 Å². The topological polar surface area (TPSA) is 57.6 Å². The summed E-state index contributed by atoms with van der Waals surface area (Å²) in [5.41, 5.74) is -0.0684. The fourth-order valence-corrected chi connectivity index (χ4v) is 2.61. The van der Waals surface area contributed by atoms with Gasteiger partial charge < -0.3 is 10.0 Å². The van der Waals surface area contributed by atoms with E-state index < -0.39 is 11.4 Å². The SMILES string of the molecule is CC1(C(=O)O)CCN(C(=O)Cc2ccc(Cl)c(Cl)c2)C1. The first kappa shape index (κ1) is 15.1. The molecule has 0 saturated carbocycles. The first-order valence-corrected chi connectivity index (χ1v) is 7.02. The molecule has 4 nitrogen and oxygen atoms in total. The molecule has 20 heavy (non-hydrogen) atoms. The van der Waals surface area contributed by atoms with E-state index in [-0.39, 0.29) is 18.9 Å². The number of hydrogen-bond acceptors (Lipinski definition) is 2. The Hall–Kier alpha value is -1.26. The first-order chi connectivity index (χ1) is 9.32. The lowest BCUT2D eigenvalue weighted by Crippen LogP contribution is -2.35. The number of carbonyl (C=O) groups is 2. The van der Waals surface area contributed by atoms with Crippen LogP contribution >= 0.6 is 23.2 Å². The Labute approximate surface area is 127 Å². The van der Waals surface area contributed by atoms with Crippen molar-refractivity contribution in [3.63, 3.8) is 0 Å². The lowest BCUT2D eigenvalue weighted by Gasteiger charge is -2.20. The highest BCUT2D eigenvalue weighted by molar-refractivity contribution is 6.42. The predicted molar refractivity (Wildman–Crippen MR) is 77.1 cm³/mol. The number of nitrogens with zero attached hydrogens (tertiary/aromatic N) is 1. The van der Waals surface area contributed by atoms with E-state index in [4.69, 9.17) is 28.3 Å². The van der Waals surface area contributed by atoms with Crippen LogP contribution in [-0.2, 0) is 16.0 Å². The molecule has 1 aromatic rings. The maximum atomic E-state index is 12.2. The Morgan fingerprint density at radius 2 is 2.05 bits per heavy atom. The minimum absolute atomic E-state index is 0.0895. The van der Waals surface area contributed by atoms with Crippen molar-refractivity contribution in [3.05, 3.63) is 33.8 Å². The standard InChI is InChI=1S/C14H15Cl2NO3/c1-14(13(19)20)4-5-17(8-14)12(18)7-9-2-3-10(15)11(16)6-9/h2-3,6H,4-5,7-8H2,1H3,(H,19,20). The molecule has 1 unspecified atom stereocenters. The molecule has 1 aliphatic rings. The minimum atomic E-state index is -0.859. The van der Waals surface area contributed by atoms with Gasteiger partial charge in [-0.15, -0.1) is 0 Å².